The first-order valence-corrected chi connectivity index (χ1v) is 4.63. The van der Waals surface area contributed by atoms with E-state index in [1.165, 1.54) is 6.42 Å². The van der Waals surface area contributed by atoms with Gasteiger partial charge in [-0.2, -0.15) is 0 Å². The first-order valence-electron chi connectivity index (χ1n) is 4.19. The van der Waals surface area contributed by atoms with E-state index in [9.17, 15) is 0 Å². The van der Waals surface area contributed by atoms with Gasteiger partial charge in [-0.3, -0.25) is 0 Å². The highest BCUT2D eigenvalue weighted by Crippen LogP contribution is 2.19. The van der Waals surface area contributed by atoms with Gasteiger partial charge in [-0.1, -0.05) is 23.7 Å². The summed E-state index contributed by atoms with van der Waals surface area (Å²) in [5.41, 5.74) is 8.26. The molecule has 1 aliphatic carbocycles. The Bertz CT molecular complexity index is 208. The minimum Gasteiger partial charge on any atom is -0.122 e. The van der Waals surface area contributed by atoms with Gasteiger partial charge in [0.15, 0.2) is 0 Å². The van der Waals surface area contributed by atoms with Crippen LogP contribution in [0.2, 0.25) is 0 Å². The van der Waals surface area contributed by atoms with Crippen LogP contribution < -0.4 is 0 Å². The second-order valence-electron chi connectivity index (χ2n) is 2.92. The maximum absolute atomic E-state index is 8.26. The van der Waals surface area contributed by atoms with Crippen LogP contribution in [0, 0.1) is 0 Å². The number of halogens is 1. The van der Waals surface area contributed by atoms with Gasteiger partial charge in [-0.15, -0.1) is 11.6 Å². The van der Waals surface area contributed by atoms with E-state index < -0.39 is 0 Å². The van der Waals surface area contributed by atoms with Crippen molar-refractivity contribution in [1.82, 2.24) is 0 Å². The van der Waals surface area contributed by atoms with Gasteiger partial charge < -0.3 is 0 Å². The maximum Gasteiger partial charge on any atom is 0.0718 e. The molecule has 0 radical (unpaired) electrons. The van der Waals surface area contributed by atoms with Crippen molar-refractivity contribution in [2.75, 3.05) is 0 Å². The van der Waals surface area contributed by atoms with Crippen LogP contribution in [0.1, 0.15) is 25.7 Å². The van der Waals surface area contributed by atoms with E-state index in [-0.39, 0.29) is 11.4 Å². The lowest BCUT2D eigenvalue weighted by Gasteiger charge is -2.15. The minimum absolute atomic E-state index is 0.0301. The summed E-state index contributed by atoms with van der Waals surface area (Å²) in [7, 11) is 0. The predicted molar refractivity (Wildman–Crippen MR) is 50.2 cm³/mol. The zero-order valence-corrected chi connectivity index (χ0v) is 7.61. The number of nitrogens with zero attached hydrogens (tertiary/aromatic N) is 3. The lowest BCUT2D eigenvalue weighted by molar-refractivity contribution is 0.599. The van der Waals surface area contributed by atoms with Gasteiger partial charge >= 0.3 is 0 Å². The summed E-state index contributed by atoms with van der Waals surface area (Å²) in [5.74, 6) is 0. The number of allylic oxidation sites excluding steroid dienone is 1. The Labute approximate surface area is 77.0 Å². The third-order valence-electron chi connectivity index (χ3n) is 1.99. The first kappa shape index (κ1) is 9.43. The molecule has 4 heteroatoms. The molecule has 0 fully saturated rings. The van der Waals surface area contributed by atoms with E-state index >= 15 is 0 Å². The summed E-state index contributed by atoms with van der Waals surface area (Å²) in [6.45, 7) is 0. The van der Waals surface area contributed by atoms with Gasteiger partial charge in [0.05, 0.1) is 6.04 Å². The average Bonchev–Trinajstić information content (AvgIpc) is 2.05. The normalized spacial score (nSPS) is 32.8. The van der Waals surface area contributed by atoms with Crippen molar-refractivity contribution in [3.63, 3.8) is 0 Å². The van der Waals surface area contributed by atoms with Crippen LogP contribution in [0.3, 0.4) is 0 Å². The fourth-order valence-electron chi connectivity index (χ4n) is 1.30. The minimum atomic E-state index is -0.156. The largest absolute Gasteiger partial charge is 0.122 e. The highest BCUT2D eigenvalue weighted by atomic mass is 35.5. The molecule has 3 nitrogen and oxygen atoms in total. The molecule has 0 aliphatic heterocycles. The van der Waals surface area contributed by atoms with Crippen molar-refractivity contribution in [3.05, 3.63) is 22.6 Å². The zero-order chi connectivity index (χ0) is 8.81. The molecule has 0 amide bonds. The third kappa shape index (κ3) is 2.76. The molecule has 0 saturated carbocycles. The van der Waals surface area contributed by atoms with Crippen molar-refractivity contribution < 1.29 is 0 Å². The molecule has 0 N–H and O–H groups in total. The molecule has 1 aliphatic rings. The van der Waals surface area contributed by atoms with Crippen LogP contribution in [0.4, 0.5) is 0 Å². The summed E-state index contributed by atoms with van der Waals surface area (Å²) >= 11 is 6.02. The molecule has 2 unspecified atom stereocenters. The van der Waals surface area contributed by atoms with Gasteiger partial charge in [-0.05, 0) is 24.8 Å². The van der Waals surface area contributed by atoms with Crippen LogP contribution in [-0.4, -0.2) is 11.4 Å². The van der Waals surface area contributed by atoms with E-state index in [1.54, 1.807) is 0 Å². The number of alkyl halides is 1. The summed E-state index contributed by atoms with van der Waals surface area (Å²) in [6.07, 6.45) is 8.28. The molecule has 0 aromatic rings. The molecule has 1 rings (SSSR count). The second-order valence-corrected chi connectivity index (χ2v) is 3.48. The summed E-state index contributed by atoms with van der Waals surface area (Å²) in [6, 6.07) is -0.156. The van der Waals surface area contributed by atoms with Crippen molar-refractivity contribution in [1.29, 1.82) is 0 Å². The lowest BCUT2D eigenvalue weighted by atomic mass is 10.0. The molecule has 0 aromatic heterocycles. The lowest BCUT2D eigenvalue weighted by Crippen LogP contribution is -2.16. The monoisotopic (exact) mass is 185 g/mol. The molecule has 0 saturated heterocycles. The molecule has 0 aromatic carbocycles. The number of azide groups is 1. The highest BCUT2D eigenvalue weighted by molar-refractivity contribution is 6.21. The molecular formula is C8H12ClN3. The number of hydrogen-bond acceptors (Lipinski definition) is 1. The molecule has 0 bridgehead atoms. The van der Waals surface area contributed by atoms with E-state index in [0.29, 0.717) is 0 Å². The highest BCUT2D eigenvalue weighted by Gasteiger charge is 2.15. The van der Waals surface area contributed by atoms with Crippen molar-refractivity contribution in [2.45, 2.75) is 37.1 Å². The number of hydrogen-bond donors (Lipinski definition) is 0. The van der Waals surface area contributed by atoms with E-state index in [4.69, 9.17) is 17.1 Å². The average molecular weight is 186 g/mol. The Balaban J connectivity index is 2.63. The standard InChI is InChI=1S/C8H12ClN3/c9-7-5-3-1-2-4-6-8(7)11-12-10/h4,6-8H,1-3,5H2/b6-4-. The van der Waals surface area contributed by atoms with Gasteiger partial charge in [0.25, 0.3) is 0 Å². The Morgan fingerprint density at radius 2 is 2.33 bits per heavy atom. The van der Waals surface area contributed by atoms with Crippen molar-refractivity contribution in [2.24, 2.45) is 5.11 Å². The Kier molecular flexibility index (Phi) is 3.98. The zero-order valence-electron chi connectivity index (χ0n) is 6.86. The van der Waals surface area contributed by atoms with Crippen LogP contribution in [-0.2, 0) is 0 Å². The summed E-state index contributed by atoms with van der Waals surface area (Å²) < 4.78 is 0. The van der Waals surface area contributed by atoms with Gasteiger partial charge in [0.2, 0.25) is 0 Å². The fraction of sp³-hybridized carbons (Fsp3) is 0.750. The molecule has 0 spiro atoms. The molecule has 66 valence electrons. The molecular weight excluding hydrogens is 174 g/mol. The fourth-order valence-corrected chi connectivity index (χ4v) is 1.59. The van der Waals surface area contributed by atoms with Gasteiger partial charge in [0, 0.05) is 10.3 Å². The quantitative estimate of drug-likeness (QED) is 0.198. The summed E-state index contributed by atoms with van der Waals surface area (Å²) in [5, 5.41) is 3.60. The Morgan fingerprint density at radius 1 is 1.50 bits per heavy atom. The second kappa shape index (κ2) is 5.07. The van der Waals surface area contributed by atoms with Crippen LogP contribution >= 0.6 is 11.6 Å². The van der Waals surface area contributed by atoms with E-state index in [0.717, 1.165) is 19.3 Å². The summed E-state index contributed by atoms with van der Waals surface area (Å²) in [4.78, 5) is 2.77. The smallest absolute Gasteiger partial charge is 0.0718 e. The van der Waals surface area contributed by atoms with Gasteiger partial charge in [0.1, 0.15) is 0 Å². The maximum atomic E-state index is 8.26. The topological polar surface area (TPSA) is 48.8 Å². The molecule has 0 heterocycles. The predicted octanol–water partition coefficient (Wildman–Crippen LogP) is 3.40. The van der Waals surface area contributed by atoms with Crippen molar-refractivity contribution >= 4 is 11.6 Å². The third-order valence-corrected chi connectivity index (χ3v) is 2.47. The molecule has 2 atom stereocenters. The van der Waals surface area contributed by atoms with E-state index in [2.05, 4.69) is 10.0 Å². The Hall–Kier alpha value is -0.660. The van der Waals surface area contributed by atoms with Crippen LogP contribution in [0.15, 0.2) is 17.3 Å². The Morgan fingerprint density at radius 3 is 3.08 bits per heavy atom. The van der Waals surface area contributed by atoms with Crippen molar-refractivity contribution in [3.8, 4) is 0 Å². The van der Waals surface area contributed by atoms with E-state index in [1.807, 2.05) is 12.2 Å². The number of rotatable bonds is 1. The van der Waals surface area contributed by atoms with Crippen LogP contribution in [0.25, 0.3) is 10.4 Å². The SMILES string of the molecule is [N-]=[N+]=NC1/C=C\CCCCC1Cl. The molecule has 12 heavy (non-hydrogen) atoms. The van der Waals surface area contributed by atoms with Gasteiger partial charge in [-0.25, -0.2) is 0 Å². The van der Waals surface area contributed by atoms with Crippen LogP contribution in [0.5, 0.6) is 0 Å². The first-order chi connectivity index (χ1) is 5.84.